The molecule has 1 N–H and O–H groups in total. The second kappa shape index (κ2) is 5.74. The van der Waals surface area contributed by atoms with E-state index in [0.717, 1.165) is 17.7 Å². The van der Waals surface area contributed by atoms with E-state index in [9.17, 15) is 4.79 Å². The van der Waals surface area contributed by atoms with Gasteiger partial charge in [0.25, 0.3) is 0 Å². The molecule has 0 saturated carbocycles. The number of anilines is 1. The van der Waals surface area contributed by atoms with Gasteiger partial charge in [-0.05, 0) is 36.1 Å². The number of rotatable bonds is 3. The van der Waals surface area contributed by atoms with E-state index in [1.807, 2.05) is 36.4 Å². The molecule has 2 heterocycles. The van der Waals surface area contributed by atoms with Crippen LogP contribution in [0.2, 0.25) is 0 Å². The summed E-state index contributed by atoms with van der Waals surface area (Å²) in [5, 5.41) is 2.83. The lowest BCUT2D eigenvalue weighted by Gasteiger charge is -2.25. The van der Waals surface area contributed by atoms with Gasteiger partial charge in [-0.3, -0.25) is 4.79 Å². The first-order valence-electron chi connectivity index (χ1n) is 6.75. The lowest BCUT2D eigenvalue weighted by atomic mass is 9.90. The second-order valence-electron chi connectivity index (χ2n) is 4.84. The molecule has 2 aromatic rings. The number of carbonyl (C=O) groups is 1. The lowest BCUT2D eigenvalue weighted by molar-refractivity contribution is -0.116. The molecule has 4 nitrogen and oxygen atoms in total. The van der Waals surface area contributed by atoms with Gasteiger partial charge >= 0.3 is 0 Å². The molecule has 0 aliphatic carbocycles. The molecule has 1 amide bonds. The van der Waals surface area contributed by atoms with Crippen molar-refractivity contribution in [2.75, 3.05) is 11.9 Å². The number of benzene rings is 1. The fourth-order valence-electron chi connectivity index (χ4n) is 2.48. The lowest BCUT2D eigenvalue weighted by Crippen LogP contribution is -2.21. The van der Waals surface area contributed by atoms with E-state index >= 15 is 0 Å². The average Bonchev–Trinajstić information content (AvgIpc) is 2.48. The summed E-state index contributed by atoms with van der Waals surface area (Å²) in [7, 11) is 0. The molecular weight excluding hydrogens is 252 g/mol. The Morgan fingerprint density at radius 2 is 2.10 bits per heavy atom. The molecular formula is C16H16N2O2. The summed E-state index contributed by atoms with van der Waals surface area (Å²) in [5.41, 5.74) is 1.12. The number of hydrogen-bond acceptors (Lipinski definition) is 3. The summed E-state index contributed by atoms with van der Waals surface area (Å²) in [6, 6.07) is 13.4. The fraction of sp³-hybridized carbons (Fsp3) is 0.250. The zero-order chi connectivity index (χ0) is 13.8. The average molecular weight is 268 g/mol. The summed E-state index contributed by atoms with van der Waals surface area (Å²) in [4.78, 5) is 16.2. The molecule has 102 valence electrons. The molecule has 20 heavy (non-hydrogen) atoms. The largest absolute Gasteiger partial charge is 0.493 e. The Bertz CT molecular complexity index is 598. The summed E-state index contributed by atoms with van der Waals surface area (Å²) in [6.45, 7) is 0.665. The number of nitrogens with one attached hydrogen (secondary N) is 1. The maximum atomic E-state index is 12.1. The number of para-hydroxylation sites is 1. The summed E-state index contributed by atoms with van der Waals surface area (Å²) >= 11 is 0. The standard InChI is InChI=1S/C16H16N2O2/c19-16(18-15-7-3-4-9-17-15)11-12-8-10-20-14-6-2-1-5-13(12)14/h1-7,9,12H,8,10-11H2,(H,17,18,19). The highest BCUT2D eigenvalue weighted by molar-refractivity contribution is 5.90. The number of amides is 1. The van der Waals surface area contributed by atoms with Gasteiger partial charge in [-0.25, -0.2) is 4.98 Å². The highest BCUT2D eigenvalue weighted by Gasteiger charge is 2.23. The van der Waals surface area contributed by atoms with Crippen molar-refractivity contribution < 1.29 is 9.53 Å². The minimum absolute atomic E-state index is 0.00889. The van der Waals surface area contributed by atoms with E-state index in [1.54, 1.807) is 12.3 Å². The molecule has 1 aromatic heterocycles. The zero-order valence-corrected chi connectivity index (χ0v) is 11.1. The minimum Gasteiger partial charge on any atom is -0.493 e. The summed E-state index contributed by atoms with van der Waals surface area (Å²) in [6.07, 6.45) is 2.99. The van der Waals surface area contributed by atoms with E-state index in [0.29, 0.717) is 18.8 Å². The first-order chi connectivity index (χ1) is 9.83. The molecule has 0 spiro atoms. The Hall–Kier alpha value is -2.36. The summed E-state index contributed by atoms with van der Waals surface area (Å²) in [5.74, 6) is 1.70. The van der Waals surface area contributed by atoms with E-state index in [-0.39, 0.29) is 11.8 Å². The van der Waals surface area contributed by atoms with Crippen molar-refractivity contribution in [2.45, 2.75) is 18.8 Å². The molecule has 3 rings (SSSR count). The van der Waals surface area contributed by atoms with Crippen molar-refractivity contribution in [1.82, 2.24) is 4.98 Å². The monoisotopic (exact) mass is 268 g/mol. The molecule has 0 saturated heterocycles. The van der Waals surface area contributed by atoms with Crippen LogP contribution in [0.5, 0.6) is 5.75 Å². The van der Waals surface area contributed by atoms with Gasteiger partial charge in [0.2, 0.25) is 5.91 Å². The van der Waals surface area contributed by atoms with Crippen molar-refractivity contribution in [1.29, 1.82) is 0 Å². The molecule has 0 radical (unpaired) electrons. The Morgan fingerprint density at radius 1 is 1.25 bits per heavy atom. The number of ether oxygens (including phenoxy) is 1. The molecule has 1 aliphatic heterocycles. The number of hydrogen-bond donors (Lipinski definition) is 1. The molecule has 1 aromatic carbocycles. The number of aromatic nitrogens is 1. The van der Waals surface area contributed by atoms with Gasteiger partial charge in [0.05, 0.1) is 6.61 Å². The molecule has 4 heteroatoms. The molecule has 0 bridgehead atoms. The van der Waals surface area contributed by atoms with E-state index < -0.39 is 0 Å². The van der Waals surface area contributed by atoms with Crippen molar-refractivity contribution >= 4 is 11.7 Å². The van der Waals surface area contributed by atoms with Crippen LogP contribution in [0.3, 0.4) is 0 Å². The topological polar surface area (TPSA) is 51.2 Å². The van der Waals surface area contributed by atoms with Gasteiger partial charge in [0.15, 0.2) is 0 Å². The van der Waals surface area contributed by atoms with E-state index in [1.165, 1.54) is 0 Å². The Kier molecular flexibility index (Phi) is 3.63. The second-order valence-corrected chi connectivity index (χ2v) is 4.84. The predicted octanol–water partition coefficient (Wildman–Crippen LogP) is 2.98. The SMILES string of the molecule is O=C(CC1CCOc2ccccc21)Nc1ccccn1. The maximum Gasteiger partial charge on any atom is 0.226 e. The number of fused-ring (bicyclic) bond motifs is 1. The third-order valence-corrected chi connectivity index (χ3v) is 3.45. The van der Waals surface area contributed by atoms with Crippen molar-refractivity contribution in [2.24, 2.45) is 0 Å². The van der Waals surface area contributed by atoms with Crippen LogP contribution in [-0.2, 0) is 4.79 Å². The minimum atomic E-state index is -0.00889. The smallest absolute Gasteiger partial charge is 0.226 e. The van der Waals surface area contributed by atoms with Gasteiger partial charge in [-0.2, -0.15) is 0 Å². The van der Waals surface area contributed by atoms with E-state index in [4.69, 9.17) is 4.74 Å². The van der Waals surface area contributed by atoms with Gasteiger partial charge in [-0.15, -0.1) is 0 Å². The fourth-order valence-corrected chi connectivity index (χ4v) is 2.48. The van der Waals surface area contributed by atoms with Gasteiger partial charge in [0, 0.05) is 12.6 Å². The Morgan fingerprint density at radius 3 is 2.95 bits per heavy atom. The van der Waals surface area contributed by atoms with Crippen LogP contribution in [0.15, 0.2) is 48.7 Å². The quantitative estimate of drug-likeness (QED) is 0.931. The molecule has 1 atom stereocenters. The predicted molar refractivity (Wildman–Crippen MR) is 76.8 cm³/mol. The first-order valence-corrected chi connectivity index (χ1v) is 6.75. The number of pyridine rings is 1. The highest BCUT2D eigenvalue weighted by atomic mass is 16.5. The van der Waals surface area contributed by atoms with Crippen LogP contribution >= 0.6 is 0 Å². The Labute approximate surface area is 117 Å². The molecule has 1 aliphatic rings. The highest BCUT2D eigenvalue weighted by Crippen LogP contribution is 2.35. The van der Waals surface area contributed by atoms with Crippen molar-refractivity contribution in [3.05, 3.63) is 54.2 Å². The Balaban J connectivity index is 1.68. The van der Waals surface area contributed by atoms with Crippen LogP contribution in [0.1, 0.15) is 24.3 Å². The molecule has 1 unspecified atom stereocenters. The maximum absolute atomic E-state index is 12.1. The van der Waals surface area contributed by atoms with Crippen LogP contribution < -0.4 is 10.1 Å². The van der Waals surface area contributed by atoms with Gasteiger partial charge in [-0.1, -0.05) is 24.3 Å². The normalized spacial score (nSPS) is 16.9. The number of carbonyl (C=O) groups excluding carboxylic acids is 1. The van der Waals surface area contributed by atoms with Gasteiger partial charge < -0.3 is 10.1 Å². The third-order valence-electron chi connectivity index (χ3n) is 3.45. The third kappa shape index (κ3) is 2.79. The zero-order valence-electron chi connectivity index (χ0n) is 11.1. The first kappa shape index (κ1) is 12.7. The van der Waals surface area contributed by atoms with Crippen LogP contribution in [0.25, 0.3) is 0 Å². The van der Waals surface area contributed by atoms with Crippen molar-refractivity contribution in [3.63, 3.8) is 0 Å². The number of nitrogens with zero attached hydrogens (tertiary/aromatic N) is 1. The van der Waals surface area contributed by atoms with Gasteiger partial charge in [0.1, 0.15) is 11.6 Å². The van der Waals surface area contributed by atoms with Crippen LogP contribution in [-0.4, -0.2) is 17.5 Å². The van der Waals surface area contributed by atoms with Crippen LogP contribution in [0, 0.1) is 0 Å². The summed E-state index contributed by atoms with van der Waals surface area (Å²) < 4.78 is 5.61. The van der Waals surface area contributed by atoms with Crippen LogP contribution in [0.4, 0.5) is 5.82 Å². The molecule has 0 fully saturated rings. The van der Waals surface area contributed by atoms with E-state index in [2.05, 4.69) is 10.3 Å². The van der Waals surface area contributed by atoms with Crippen molar-refractivity contribution in [3.8, 4) is 5.75 Å².